The Labute approximate surface area is 106 Å². The molecule has 0 unspecified atom stereocenters. The SMILES string of the molecule is Cc1ncc(-c2cc(C#N)ccc2OC(F)F)s1. The topological polar surface area (TPSA) is 45.9 Å². The first-order chi connectivity index (χ1) is 8.60. The van der Waals surface area contributed by atoms with Crippen LogP contribution in [0.3, 0.4) is 0 Å². The first kappa shape index (κ1) is 12.5. The monoisotopic (exact) mass is 266 g/mol. The number of halogens is 2. The van der Waals surface area contributed by atoms with Gasteiger partial charge in [-0.15, -0.1) is 11.3 Å². The summed E-state index contributed by atoms with van der Waals surface area (Å²) in [6.07, 6.45) is 1.58. The molecular weight excluding hydrogens is 258 g/mol. The fourth-order valence-electron chi connectivity index (χ4n) is 1.48. The molecule has 1 aromatic heterocycles. The van der Waals surface area contributed by atoms with E-state index in [0.29, 0.717) is 16.0 Å². The lowest BCUT2D eigenvalue weighted by Crippen LogP contribution is -2.03. The van der Waals surface area contributed by atoms with Gasteiger partial charge in [-0.25, -0.2) is 4.98 Å². The van der Waals surface area contributed by atoms with Crippen molar-refractivity contribution in [2.75, 3.05) is 0 Å². The number of rotatable bonds is 3. The summed E-state index contributed by atoms with van der Waals surface area (Å²) in [5, 5.41) is 9.65. The van der Waals surface area contributed by atoms with Crippen LogP contribution in [0.1, 0.15) is 10.6 Å². The van der Waals surface area contributed by atoms with Crippen LogP contribution in [-0.2, 0) is 0 Å². The van der Waals surface area contributed by atoms with E-state index in [0.717, 1.165) is 5.01 Å². The second-order valence-electron chi connectivity index (χ2n) is 3.44. The van der Waals surface area contributed by atoms with Crippen LogP contribution in [-0.4, -0.2) is 11.6 Å². The average molecular weight is 266 g/mol. The molecule has 0 saturated heterocycles. The fourth-order valence-corrected chi connectivity index (χ4v) is 2.28. The van der Waals surface area contributed by atoms with Gasteiger partial charge >= 0.3 is 6.61 Å². The van der Waals surface area contributed by atoms with Crippen LogP contribution in [0.4, 0.5) is 8.78 Å². The molecule has 0 saturated carbocycles. The van der Waals surface area contributed by atoms with Crippen LogP contribution in [0.25, 0.3) is 10.4 Å². The van der Waals surface area contributed by atoms with Crippen molar-refractivity contribution in [3.63, 3.8) is 0 Å². The number of benzene rings is 1. The normalized spacial score (nSPS) is 10.4. The van der Waals surface area contributed by atoms with Gasteiger partial charge in [-0.2, -0.15) is 14.0 Å². The molecule has 0 atom stereocenters. The maximum atomic E-state index is 12.3. The third-order valence-electron chi connectivity index (χ3n) is 2.21. The minimum Gasteiger partial charge on any atom is -0.434 e. The van der Waals surface area contributed by atoms with Crippen LogP contribution in [0.15, 0.2) is 24.4 Å². The number of hydrogen-bond donors (Lipinski definition) is 0. The van der Waals surface area contributed by atoms with Crippen molar-refractivity contribution in [3.8, 4) is 22.3 Å². The number of thiazole rings is 1. The minimum atomic E-state index is -2.90. The predicted molar refractivity (Wildman–Crippen MR) is 63.6 cm³/mol. The lowest BCUT2D eigenvalue weighted by atomic mass is 10.1. The van der Waals surface area contributed by atoms with E-state index < -0.39 is 6.61 Å². The molecule has 0 aliphatic rings. The Morgan fingerprint density at radius 2 is 2.22 bits per heavy atom. The van der Waals surface area contributed by atoms with Gasteiger partial charge in [0.25, 0.3) is 0 Å². The molecule has 0 radical (unpaired) electrons. The molecule has 6 heteroatoms. The quantitative estimate of drug-likeness (QED) is 0.852. The second-order valence-corrected chi connectivity index (χ2v) is 4.68. The molecule has 0 amide bonds. The van der Waals surface area contributed by atoms with E-state index in [-0.39, 0.29) is 5.75 Å². The highest BCUT2D eigenvalue weighted by atomic mass is 32.1. The Kier molecular flexibility index (Phi) is 3.53. The number of nitriles is 1. The van der Waals surface area contributed by atoms with E-state index in [9.17, 15) is 8.78 Å². The zero-order valence-corrected chi connectivity index (χ0v) is 10.2. The molecule has 2 aromatic rings. The molecule has 0 aliphatic heterocycles. The molecule has 0 spiro atoms. The summed E-state index contributed by atoms with van der Waals surface area (Å²) in [5.41, 5.74) is 0.845. The van der Waals surface area contributed by atoms with Gasteiger partial charge in [-0.3, -0.25) is 0 Å². The van der Waals surface area contributed by atoms with E-state index in [4.69, 9.17) is 5.26 Å². The van der Waals surface area contributed by atoms with E-state index in [1.54, 1.807) is 6.20 Å². The van der Waals surface area contributed by atoms with Crippen molar-refractivity contribution in [2.24, 2.45) is 0 Å². The summed E-state index contributed by atoms with van der Waals surface area (Å²) in [6, 6.07) is 6.29. The van der Waals surface area contributed by atoms with Gasteiger partial charge in [0.15, 0.2) is 0 Å². The van der Waals surface area contributed by atoms with Crippen LogP contribution < -0.4 is 4.74 Å². The maximum Gasteiger partial charge on any atom is 0.387 e. The standard InChI is InChI=1S/C12H8F2N2OS/c1-7-16-6-11(18-7)9-4-8(5-15)2-3-10(9)17-12(13)14/h2-4,6,12H,1H3. The summed E-state index contributed by atoms with van der Waals surface area (Å²) in [5.74, 6) is 0.0488. The maximum absolute atomic E-state index is 12.3. The van der Waals surface area contributed by atoms with Crippen LogP contribution >= 0.6 is 11.3 Å². The molecule has 0 bridgehead atoms. The number of aryl methyl sites for hydroxylation is 1. The number of hydrogen-bond acceptors (Lipinski definition) is 4. The minimum absolute atomic E-state index is 0.0488. The van der Waals surface area contributed by atoms with E-state index in [1.165, 1.54) is 29.5 Å². The van der Waals surface area contributed by atoms with Crippen molar-refractivity contribution >= 4 is 11.3 Å². The molecule has 0 aliphatic carbocycles. The van der Waals surface area contributed by atoms with Crippen molar-refractivity contribution in [1.29, 1.82) is 5.26 Å². The summed E-state index contributed by atoms with van der Waals surface area (Å²) >= 11 is 1.36. The Hall–Kier alpha value is -2.00. The van der Waals surface area contributed by atoms with Gasteiger partial charge < -0.3 is 4.74 Å². The third kappa shape index (κ3) is 2.63. The molecule has 0 fully saturated rings. The number of nitrogens with zero attached hydrogens (tertiary/aromatic N) is 2. The Bertz CT molecular complexity index is 604. The third-order valence-corrected chi connectivity index (χ3v) is 3.16. The van der Waals surface area contributed by atoms with Gasteiger partial charge in [0, 0.05) is 11.8 Å². The lowest BCUT2D eigenvalue weighted by molar-refractivity contribution is -0.0494. The summed E-state index contributed by atoms with van der Waals surface area (Å²) in [4.78, 5) is 4.76. The molecule has 2 rings (SSSR count). The highest BCUT2D eigenvalue weighted by molar-refractivity contribution is 7.15. The van der Waals surface area contributed by atoms with Gasteiger partial charge in [0.1, 0.15) is 5.75 Å². The van der Waals surface area contributed by atoms with Crippen LogP contribution in [0, 0.1) is 18.3 Å². The summed E-state index contributed by atoms with van der Waals surface area (Å²) in [7, 11) is 0. The first-order valence-corrected chi connectivity index (χ1v) is 5.83. The highest BCUT2D eigenvalue weighted by Crippen LogP contribution is 2.35. The van der Waals surface area contributed by atoms with Crippen molar-refractivity contribution in [3.05, 3.63) is 35.0 Å². The first-order valence-electron chi connectivity index (χ1n) is 5.02. The smallest absolute Gasteiger partial charge is 0.387 e. The van der Waals surface area contributed by atoms with Gasteiger partial charge in [0.2, 0.25) is 0 Å². The molecule has 92 valence electrons. The number of ether oxygens (including phenoxy) is 1. The number of aromatic nitrogens is 1. The van der Waals surface area contributed by atoms with Gasteiger partial charge in [0.05, 0.1) is 21.5 Å². The Balaban J connectivity index is 2.51. The Morgan fingerprint density at radius 1 is 1.44 bits per heavy atom. The largest absolute Gasteiger partial charge is 0.434 e. The average Bonchev–Trinajstić information content (AvgIpc) is 2.75. The lowest BCUT2D eigenvalue weighted by Gasteiger charge is -2.09. The summed E-state index contributed by atoms with van der Waals surface area (Å²) in [6.45, 7) is -1.08. The van der Waals surface area contributed by atoms with Crippen molar-refractivity contribution in [1.82, 2.24) is 4.98 Å². The molecule has 3 nitrogen and oxygen atoms in total. The van der Waals surface area contributed by atoms with Gasteiger partial charge in [-0.05, 0) is 25.1 Å². The zero-order valence-electron chi connectivity index (χ0n) is 9.35. The highest BCUT2D eigenvalue weighted by Gasteiger charge is 2.14. The molecule has 1 aromatic carbocycles. The van der Waals surface area contributed by atoms with E-state index in [1.807, 2.05) is 13.0 Å². The van der Waals surface area contributed by atoms with E-state index >= 15 is 0 Å². The summed E-state index contributed by atoms with van der Waals surface area (Å²) < 4.78 is 29.1. The molecule has 1 heterocycles. The zero-order chi connectivity index (χ0) is 13.1. The predicted octanol–water partition coefficient (Wildman–Crippen LogP) is 3.59. The van der Waals surface area contributed by atoms with Crippen LogP contribution in [0.2, 0.25) is 0 Å². The second kappa shape index (κ2) is 5.10. The molecule has 0 N–H and O–H groups in total. The van der Waals surface area contributed by atoms with Crippen LogP contribution in [0.5, 0.6) is 5.75 Å². The molecule has 18 heavy (non-hydrogen) atoms. The van der Waals surface area contributed by atoms with Crippen molar-refractivity contribution < 1.29 is 13.5 Å². The van der Waals surface area contributed by atoms with Crippen molar-refractivity contribution in [2.45, 2.75) is 13.5 Å². The molecular formula is C12H8F2N2OS. The Morgan fingerprint density at radius 3 is 2.78 bits per heavy atom. The fraction of sp³-hybridized carbons (Fsp3) is 0.167. The van der Waals surface area contributed by atoms with E-state index in [2.05, 4.69) is 9.72 Å². The number of alkyl halides is 2. The van der Waals surface area contributed by atoms with Gasteiger partial charge in [-0.1, -0.05) is 0 Å².